The van der Waals surface area contributed by atoms with Gasteiger partial charge in [-0.05, 0) is 51.0 Å². The maximum Gasteiger partial charge on any atom is 0.0744 e. The van der Waals surface area contributed by atoms with E-state index in [4.69, 9.17) is 0 Å². The lowest BCUT2D eigenvalue weighted by molar-refractivity contribution is 0.205. The fourth-order valence-electron chi connectivity index (χ4n) is 1.94. The molecule has 0 radical (unpaired) electrons. The van der Waals surface area contributed by atoms with Crippen LogP contribution >= 0.6 is 0 Å². The minimum atomic E-state index is -0.234. The van der Waals surface area contributed by atoms with Gasteiger partial charge in [-0.2, -0.15) is 0 Å². The van der Waals surface area contributed by atoms with Crippen LogP contribution in [0.25, 0.3) is 0 Å². The Bertz CT molecular complexity index is 238. The predicted octanol–water partition coefficient (Wildman–Crippen LogP) is 3.45. The van der Waals surface area contributed by atoms with E-state index >= 15 is 0 Å². The Morgan fingerprint density at radius 2 is 2.43 bits per heavy atom. The number of aliphatic hydroxyl groups excluding tert-OH is 1. The average Bonchev–Trinajstić information content (AvgIpc) is 2.20. The lowest BCUT2D eigenvalue weighted by Gasteiger charge is -2.19. The highest BCUT2D eigenvalue weighted by molar-refractivity contribution is 5.12. The molecule has 0 bridgehead atoms. The van der Waals surface area contributed by atoms with Crippen LogP contribution in [0.5, 0.6) is 0 Å². The molecule has 2 atom stereocenters. The molecule has 14 heavy (non-hydrogen) atoms. The topological polar surface area (TPSA) is 20.2 Å². The van der Waals surface area contributed by atoms with E-state index in [0.29, 0.717) is 5.92 Å². The molecule has 0 saturated heterocycles. The highest BCUT2D eigenvalue weighted by Crippen LogP contribution is 2.25. The van der Waals surface area contributed by atoms with Crippen molar-refractivity contribution in [3.05, 3.63) is 23.3 Å². The number of hydrogen-bond donors (Lipinski definition) is 1. The number of allylic oxidation sites excluding steroid dienone is 3. The zero-order chi connectivity index (χ0) is 10.6. The van der Waals surface area contributed by atoms with Crippen molar-refractivity contribution in [1.82, 2.24) is 0 Å². The third kappa shape index (κ3) is 3.30. The van der Waals surface area contributed by atoms with E-state index in [2.05, 4.69) is 19.1 Å². The zero-order valence-electron chi connectivity index (χ0n) is 9.59. The molecule has 0 heterocycles. The molecule has 0 aromatic rings. The number of hydrogen-bond acceptors (Lipinski definition) is 1. The summed E-state index contributed by atoms with van der Waals surface area (Å²) < 4.78 is 0. The molecule has 1 heteroatoms. The second kappa shape index (κ2) is 5.35. The molecule has 1 N–H and O–H groups in total. The van der Waals surface area contributed by atoms with E-state index in [9.17, 15) is 5.11 Å². The maximum absolute atomic E-state index is 9.63. The normalized spacial score (nSPS) is 25.9. The van der Waals surface area contributed by atoms with Gasteiger partial charge in [0.1, 0.15) is 0 Å². The molecule has 80 valence electrons. The molecular formula is C13H22O. The molecule has 0 aliphatic heterocycles. The summed E-state index contributed by atoms with van der Waals surface area (Å²) in [5.74, 6) is 0.653. The Morgan fingerprint density at radius 1 is 1.71 bits per heavy atom. The van der Waals surface area contributed by atoms with Crippen molar-refractivity contribution in [2.75, 3.05) is 0 Å². The van der Waals surface area contributed by atoms with Gasteiger partial charge in [0, 0.05) is 0 Å². The van der Waals surface area contributed by atoms with Crippen LogP contribution in [0.15, 0.2) is 23.3 Å². The summed E-state index contributed by atoms with van der Waals surface area (Å²) in [5, 5.41) is 9.63. The van der Waals surface area contributed by atoms with Gasteiger partial charge in [0.05, 0.1) is 6.10 Å². The van der Waals surface area contributed by atoms with Crippen LogP contribution in [0.2, 0.25) is 0 Å². The lowest BCUT2D eigenvalue weighted by atomic mass is 9.88. The van der Waals surface area contributed by atoms with E-state index in [1.54, 1.807) is 0 Å². The van der Waals surface area contributed by atoms with Gasteiger partial charge in [-0.3, -0.25) is 0 Å². The number of rotatable bonds is 3. The van der Waals surface area contributed by atoms with Crippen molar-refractivity contribution < 1.29 is 5.11 Å². The van der Waals surface area contributed by atoms with Gasteiger partial charge in [-0.25, -0.2) is 0 Å². The van der Waals surface area contributed by atoms with Crippen LogP contribution in [-0.4, -0.2) is 11.2 Å². The molecule has 1 aliphatic carbocycles. The fraction of sp³-hybridized carbons (Fsp3) is 0.692. The summed E-state index contributed by atoms with van der Waals surface area (Å²) >= 11 is 0. The summed E-state index contributed by atoms with van der Waals surface area (Å²) in [6.45, 7) is 6.26. The number of aliphatic hydroxyl groups is 1. The van der Waals surface area contributed by atoms with Crippen LogP contribution in [0.3, 0.4) is 0 Å². The fourth-order valence-corrected chi connectivity index (χ4v) is 1.94. The van der Waals surface area contributed by atoms with Gasteiger partial charge in [0.2, 0.25) is 0 Å². The van der Waals surface area contributed by atoms with Crippen molar-refractivity contribution in [2.24, 2.45) is 5.92 Å². The second-order valence-corrected chi connectivity index (χ2v) is 4.42. The Labute approximate surface area is 87.5 Å². The Morgan fingerprint density at radius 3 is 2.93 bits per heavy atom. The first-order valence-corrected chi connectivity index (χ1v) is 5.65. The van der Waals surface area contributed by atoms with E-state index in [1.165, 1.54) is 18.4 Å². The SMILES string of the molecule is CCC(O)/C(C)=C/C1CC=C(C)CC1. The van der Waals surface area contributed by atoms with Gasteiger partial charge >= 0.3 is 0 Å². The van der Waals surface area contributed by atoms with Crippen molar-refractivity contribution in [3.63, 3.8) is 0 Å². The van der Waals surface area contributed by atoms with Crippen LogP contribution in [0, 0.1) is 5.92 Å². The molecule has 0 aromatic carbocycles. The van der Waals surface area contributed by atoms with E-state index < -0.39 is 0 Å². The van der Waals surface area contributed by atoms with Crippen molar-refractivity contribution in [3.8, 4) is 0 Å². The molecule has 0 fully saturated rings. The monoisotopic (exact) mass is 194 g/mol. The summed E-state index contributed by atoms with van der Waals surface area (Å²) in [7, 11) is 0. The molecule has 1 aliphatic rings. The summed E-state index contributed by atoms with van der Waals surface area (Å²) in [4.78, 5) is 0. The first-order valence-electron chi connectivity index (χ1n) is 5.65. The Balaban J connectivity index is 2.52. The lowest BCUT2D eigenvalue weighted by Crippen LogP contribution is -2.09. The van der Waals surface area contributed by atoms with Gasteiger partial charge in [-0.1, -0.05) is 24.6 Å². The Kier molecular flexibility index (Phi) is 4.40. The van der Waals surface area contributed by atoms with Crippen molar-refractivity contribution >= 4 is 0 Å². The van der Waals surface area contributed by atoms with Crippen LogP contribution in [0.4, 0.5) is 0 Å². The predicted molar refractivity (Wildman–Crippen MR) is 61.2 cm³/mol. The highest BCUT2D eigenvalue weighted by atomic mass is 16.3. The second-order valence-electron chi connectivity index (χ2n) is 4.42. The first kappa shape index (κ1) is 11.5. The minimum Gasteiger partial charge on any atom is -0.389 e. The van der Waals surface area contributed by atoms with Gasteiger partial charge in [-0.15, -0.1) is 0 Å². The third-order valence-electron chi connectivity index (χ3n) is 3.09. The smallest absolute Gasteiger partial charge is 0.0744 e. The third-order valence-corrected chi connectivity index (χ3v) is 3.09. The molecule has 0 amide bonds. The van der Waals surface area contributed by atoms with E-state index in [0.717, 1.165) is 18.4 Å². The average molecular weight is 194 g/mol. The van der Waals surface area contributed by atoms with Gasteiger partial charge < -0.3 is 5.11 Å². The summed E-state index contributed by atoms with van der Waals surface area (Å²) in [6, 6.07) is 0. The first-order chi connectivity index (χ1) is 6.63. The van der Waals surface area contributed by atoms with E-state index in [1.807, 2.05) is 13.8 Å². The maximum atomic E-state index is 9.63. The minimum absolute atomic E-state index is 0.234. The molecule has 1 nitrogen and oxygen atoms in total. The molecule has 0 saturated carbocycles. The summed E-state index contributed by atoms with van der Waals surface area (Å²) in [5.41, 5.74) is 2.66. The van der Waals surface area contributed by atoms with Crippen LogP contribution < -0.4 is 0 Å². The largest absolute Gasteiger partial charge is 0.389 e. The summed E-state index contributed by atoms with van der Waals surface area (Å²) in [6.07, 6.45) is 8.80. The van der Waals surface area contributed by atoms with Gasteiger partial charge in [0.15, 0.2) is 0 Å². The molecule has 0 spiro atoms. The standard InChI is InChI=1S/C13H22O/c1-4-13(14)11(3)9-12-7-5-10(2)6-8-12/h5,9,12-14H,4,6-8H2,1-3H3/b11-9+. The van der Waals surface area contributed by atoms with Crippen molar-refractivity contribution in [2.45, 2.75) is 52.6 Å². The van der Waals surface area contributed by atoms with Crippen molar-refractivity contribution in [1.29, 1.82) is 0 Å². The molecule has 1 rings (SSSR count). The highest BCUT2D eigenvalue weighted by Gasteiger charge is 2.12. The zero-order valence-corrected chi connectivity index (χ0v) is 9.59. The van der Waals surface area contributed by atoms with E-state index in [-0.39, 0.29) is 6.10 Å². The van der Waals surface area contributed by atoms with Crippen LogP contribution in [0.1, 0.15) is 46.5 Å². The van der Waals surface area contributed by atoms with Gasteiger partial charge in [0.25, 0.3) is 0 Å². The Hall–Kier alpha value is -0.560. The molecule has 2 unspecified atom stereocenters. The molecule has 0 aromatic heterocycles. The quantitative estimate of drug-likeness (QED) is 0.682. The molecular weight excluding hydrogens is 172 g/mol. The van der Waals surface area contributed by atoms with Crippen LogP contribution in [-0.2, 0) is 0 Å².